The topological polar surface area (TPSA) is 95.7 Å². The molecule has 0 saturated carbocycles. The molecule has 7 nitrogen and oxygen atoms in total. The molecule has 1 fully saturated rings. The summed E-state index contributed by atoms with van der Waals surface area (Å²) in [5.41, 5.74) is 5.56. The quantitative estimate of drug-likeness (QED) is 0.459. The van der Waals surface area contributed by atoms with Crippen LogP contribution >= 0.6 is 0 Å². The molecule has 1 saturated heterocycles. The van der Waals surface area contributed by atoms with Gasteiger partial charge < -0.3 is 10.6 Å². The van der Waals surface area contributed by atoms with E-state index >= 15 is 0 Å². The van der Waals surface area contributed by atoms with E-state index in [4.69, 9.17) is 5.73 Å². The first-order chi connectivity index (χ1) is 10.8. The van der Waals surface area contributed by atoms with Crippen LogP contribution in [0.1, 0.15) is 19.3 Å². The highest BCUT2D eigenvalue weighted by Gasteiger charge is 2.64. The van der Waals surface area contributed by atoms with Crippen LogP contribution in [0.4, 0.5) is 17.6 Å². The molecule has 1 amide bonds. The number of rotatable bonds is 8. The highest BCUT2D eigenvalue weighted by atomic mass is 32.2. The van der Waals surface area contributed by atoms with Crippen LogP contribution in [0.15, 0.2) is 0 Å². The van der Waals surface area contributed by atoms with Crippen LogP contribution in [0.5, 0.6) is 0 Å². The first-order valence-corrected chi connectivity index (χ1v) is 8.71. The molecule has 24 heavy (non-hydrogen) atoms. The monoisotopic (exact) mass is 378 g/mol. The van der Waals surface area contributed by atoms with Gasteiger partial charge >= 0.3 is 11.8 Å². The summed E-state index contributed by atoms with van der Waals surface area (Å²) in [6.07, 6.45) is 0.778. The van der Waals surface area contributed by atoms with Gasteiger partial charge in [0.05, 0.1) is 19.1 Å². The highest BCUT2D eigenvalue weighted by Crippen LogP contribution is 2.41. The Bertz CT molecular complexity index is 541. The Balaban J connectivity index is 2.36. The molecule has 3 N–H and O–H groups in total. The van der Waals surface area contributed by atoms with E-state index in [-0.39, 0.29) is 13.0 Å². The Morgan fingerprint density at radius 2 is 1.71 bits per heavy atom. The summed E-state index contributed by atoms with van der Waals surface area (Å²) in [5, 5.41) is 0. The van der Waals surface area contributed by atoms with Crippen molar-refractivity contribution < 1.29 is 30.8 Å². The second-order valence-electron chi connectivity index (χ2n) is 5.89. The minimum Gasteiger partial charge on any atom is -0.329 e. The average molecular weight is 378 g/mol. The van der Waals surface area contributed by atoms with E-state index in [1.54, 1.807) is 0 Å². The molecule has 1 atom stereocenters. The molecule has 0 bridgehead atoms. The molecular formula is C12H22F4N4O3S. The lowest BCUT2D eigenvalue weighted by molar-refractivity contribution is -0.172. The number of halogens is 4. The van der Waals surface area contributed by atoms with Crippen LogP contribution in [-0.4, -0.2) is 75.1 Å². The van der Waals surface area contributed by atoms with Gasteiger partial charge in [-0.2, -0.15) is 30.3 Å². The first-order valence-electron chi connectivity index (χ1n) is 7.27. The zero-order chi connectivity index (χ0) is 18.8. The molecule has 0 aromatic heterocycles. The molecule has 12 heteroatoms. The number of nitrogens with zero attached hydrogens (tertiary/aromatic N) is 2. The van der Waals surface area contributed by atoms with Crippen LogP contribution in [0.2, 0.25) is 0 Å². The third-order valence-electron chi connectivity index (χ3n) is 3.65. The van der Waals surface area contributed by atoms with Crippen LogP contribution in [-0.2, 0) is 15.0 Å². The van der Waals surface area contributed by atoms with Gasteiger partial charge in [0.15, 0.2) is 0 Å². The number of nitrogens with one attached hydrogen (secondary N) is 1. The smallest absolute Gasteiger partial charge is 0.329 e. The molecule has 1 heterocycles. The van der Waals surface area contributed by atoms with Crippen molar-refractivity contribution in [2.24, 2.45) is 5.73 Å². The number of carbonyl (C=O) groups is 1. The molecule has 1 aliphatic rings. The van der Waals surface area contributed by atoms with Gasteiger partial charge in [0.25, 0.3) is 10.2 Å². The van der Waals surface area contributed by atoms with Crippen molar-refractivity contribution in [2.75, 3.05) is 33.7 Å². The van der Waals surface area contributed by atoms with E-state index < -0.39 is 47.1 Å². The average Bonchev–Trinajstić information content (AvgIpc) is 2.65. The number of hydrogen-bond donors (Lipinski definition) is 2. The van der Waals surface area contributed by atoms with Crippen molar-refractivity contribution in [3.05, 3.63) is 0 Å². The summed E-state index contributed by atoms with van der Waals surface area (Å²) in [5.74, 6) is -9.47. The first kappa shape index (κ1) is 21.1. The fraction of sp³-hybridized carbons (Fsp3) is 0.917. The zero-order valence-electron chi connectivity index (χ0n) is 13.4. The third kappa shape index (κ3) is 5.01. The van der Waals surface area contributed by atoms with E-state index in [1.807, 2.05) is 0 Å². The van der Waals surface area contributed by atoms with Crippen LogP contribution in [0.25, 0.3) is 0 Å². The number of alkyl halides is 4. The molecular weight excluding hydrogens is 356 g/mol. The van der Waals surface area contributed by atoms with Crippen LogP contribution in [0, 0.1) is 0 Å². The number of likely N-dealkylation sites (tertiary alicyclic amines) is 1. The normalized spacial score (nSPS) is 21.2. The van der Waals surface area contributed by atoms with Gasteiger partial charge in [-0.1, -0.05) is 6.42 Å². The Hall–Kier alpha value is -0.980. The Kier molecular flexibility index (Phi) is 6.58. The molecule has 142 valence electrons. The van der Waals surface area contributed by atoms with Gasteiger partial charge in [-0.3, -0.25) is 4.79 Å². The molecule has 0 aromatic rings. The van der Waals surface area contributed by atoms with E-state index in [1.165, 1.54) is 14.1 Å². The van der Waals surface area contributed by atoms with Crippen molar-refractivity contribution in [3.63, 3.8) is 0 Å². The molecule has 0 aromatic carbocycles. The van der Waals surface area contributed by atoms with E-state index in [9.17, 15) is 30.8 Å². The molecule has 0 aliphatic carbocycles. The maximum absolute atomic E-state index is 13.1. The van der Waals surface area contributed by atoms with Crippen molar-refractivity contribution in [1.29, 1.82) is 0 Å². The van der Waals surface area contributed by atoms with Crippen molar-refractivity contribution in [1.82, 2.24) is 13.9 Å². The van der Waals surface area contributed by atoms with Crippen molar-refractivity contribution >= 4 is 16.1 Å². The summed E-state index contributed by atoms with van der Waals surface area (Å²) in [6, 6.07) is -1.18. The number of hydrogen-bond acceptors (Lipinski definition) is 4. The summed E-state index contributed by atoms with van der Waals surface area (Å²) in [6.45, 7) is -2.59. The highest BCUT2D eigenvalue weighted by molar-refractivity contribution is 7.87. The van der Waals surface area contributed by atoms with E-state index in [0.717, 1.165) is 4.31 Å². The maximum Gasteiger partial charge on any atom is 0.329 e. The molecule has 1 unspecified atom stereocenters. The van der Waals surface area contributed by atoms with Gasteiger partial charge in [0.1, 0.15) is 0 Å². The van der Waals surface area contributed by atoms with Crippen LogP contribution in [0.3, 0.4) is 0 Å². The Morgan fingerprint density at radius 3 is 2.17 bits per heavy atom. The van der Waals surface area contributed by atoms with Gasteiger partial charge in [0.2, 0.25) is 5.91 Å². The lowest BCUT2D eigenvalue weighted by atomic mass is 10.1. The number of carbonyl (C=O) groups excluding carboxylic acids is 1. The van der Waals surface area contributed by atoms with E-state index in [2.05, 4.69) is 4.72 Å². The van der Waals surface area contributed by atoms with Crippen LogP contribution < -0.4 is 10.5 Å². The summed E-state index contributed by atoms with van der Waals surface area (Å²) in [7, 11) is -0.825. The molecule has 0 spiro atoms. The molecule has 0 radical (unpaired) electrons. The maximum atomic E-state index is 13.1. The lowest BCUT2D eigenvalue weighted by Crippen LogP contribution is -2.43. The number of amides is 1. The fourth-order valence-corrected chi connectivity index (χ4v) is 2.76. The molecule has 1 rings (SSSR count). The summed E-state index contributed by atoms with van der Waals surface area (Å²) < 4.78 is 78.4. The fourth-order valence-electron chi connectivity index (χ4n) is 2.10. The Morgan fingerprint density at radius 1 is 1.21 bits per heavy atom. The minimum absolute atomic E-state index is 0.0795. The number of unbranched alkanes of at least 4 members (excludes halogenated alkanes) is 1. The van der Waals surface area contributed by atoms with Crippen molar-refractivity contribution in [3.8, 4) is 0 Å². The van der Waals surface area contributed by atoms with Gasteiger partial charge in [-0.15, -0.1) is 0 Å². The Labute approximate surface area is 138 Å². The second kappa shape index (κ2) is 7.50. The minimum atomic E-state index is -4.26. The molecule has 1 aliphatic heterocycles. The van der Waals surface area contributed by atoms with Gasteiger partial charge in [0, 0.05) is 20.6 Å². The lowest BCUT2D eigenvalue weighted by Gasteiger charge is -2.20. The third-order valence-corrected chi connectivity index (χ3v) is 5.18. The zero-order valence-corrected chi connectivity index (χ0v) is 14.3. The standard InChI is InChI=1S/C12H22F4N4O3S/c1-19(2)24(22,23)18-6-4-3-5-9(17)10(21)20-7-11(13,14)12(15,16)8-20/h9,18H,3-8,17H2,1-2H3. The van der Waals surface area contributed by atoms with E-state index in [0.29, 0.717) is 17.7 Å². The van der Waals surface area contributed by atoms with Crippen molar-refractivity contribution in [2.45, 2.75) is 37.1 Å². The second-order valence-corrected chi connectivity index (χ2v) is 7.86. The summed E-state index contributed by atoms with van der Waals surface area (Å²) in [4.78, 5) is 12.2. The largest absolute Gasteiger partial charge is 0.329 e. The van der Waals surface area contributed by atoms with Gasteiger partial charge in [-0.05, 0) is 12.8 Å². The van der Waals surface area contributed by atoms with Gasteiger partial charge in [-0.25, -0.2) is 4.72 Å². The summed E-state index contributed by atoms with van der Waals surface area (Å²) >= 11 is 0. The predicted molar refractivity (Wildman–Crippen MR) is 78.9 cm³/mol. The SMILES string of the molecule is CN(C)S(=O)(=O)NCCCCC(N)C(=O)N1CC(F)(F)C(F)(F)C1. The predicted octanol–water partition coefficient (Wildman–Crippen LogP) is -0.00720. The number of nitrogens with two attached hydrogens (primary N) is 1.